The van der Waals surface area contributed by atoms with Crippen LogP contribution in [0, 0.1) is 0 Å². The van der Waals surface area contributed by atoms with Crippen molar-refractivity contribution in [2.24, 2.45) is 0 Å². The summed E-state index contributed by atoms with van der Waals surface area (Å²) in [5.74, 6) is 2.32. The number of rotatable bonds is 5. The summed E-state index contributed by atoms with van der Waals surface area (Å²) < 4.78 is 16.6. The van der Waals surface area contributed by atoms with Crippen LogP contribution < -0.4 is 10.1 Å². The van der Waals surface area contributed by atoms with Gasteiger partial charge in [0.25, 0.3) is 0 Å². The molecule has 0 spiro atoms. The summed E-state index contributed by atoms with van der Waals surface area (Å²) in [6.45, 7) is 3.18. The van der Waals surface area contributed by atoms with Crippen molar-refractivity contribution in [2.45, 2.75) is 32.4 Å². The summed E-state index contributed by atoms with van der Waals surface area (Å²) in [4.78, 5) is 0. The van der Waals surface area contributed by atoms with Crippen LogP contribution in [0.25, 0.3) is 0 Å². The van der Waals surface area contributed by atoms with Gasteiger partial charge >= 0.3 is 0 Å². The maximum absolute atomic E-state index is 11.3. The van der Waals surface area contributed by atoms with Crippen molar-refractivity contribution in [3.05, 3.63) is 23.8 Å². The van der Waals surface area contributed by atoms with E-state index in [-0.39, 0.29) is 5.75 Å². The molecule has 0 unspecified atom stereocenters. The Morgan fingerprint density at radius 1 is 1.42 bits per heavy atom. The van der Waals surface area contributed by atoms with Crippen LogP contribution in [-0.2, 0) is 17.3 Å². The lowest BCUT2D eigenvalue weighted by atomic mass is 10.1. The van der Waals surface area contributed by atoms with Crippen LogP contribution in [0.5, 0.6) is 11.5 Å². The zero-order valence-electron chi connectivity index (χ0n) is 11.2. The monoisotopic (exact) mass is 283 g/mol. The molecule has 5 heteroatoms. The molecule has 0 atom stereocenters. The Bertz CT molecular complexity index is 440. The zero-order chi connectivity index (χ0) is 13.7. The van der Waals surface area contributed by atoms with Gasteiger partial charge in [0.15, 0.2) is 11.5 Å². The molecule has 0 radical (unpaired) electrons. The predicted molar refractivity (Wildman–Crippen MR) is 77.0 cm³/mol. The lowest BCUT2D eigenvalue weighted by Gasteiger charge is -2.22. The summed E-state index contributed by atoms with van der Waals surface area (Å²) in [6, 6.07) is 5.87. The van der Waals surface area contributed by atoms with E-state index in [9.17, 15) is 9.32 Å². The van der Waals surface area contributed by atoms with Crippen molar-refractivity contribution in [3.63, 3.8) is 0 Å². The maximum atomic E-state index is 11.3. The Balaban J connectivity index is 1.88. The first-order chi connectivity index (χ1) is 9.19. The number of benzene rings is 1. The van der Waals surface area contributed by atoms with E-state index in [2.05, 4.69) is 5.32 Å². The van der Waals surface area contributed by atoms with E-state index in [4.69, 9.17) is 4.74 Å². The molecule has 0 amide bonds. The van der Waals surface area contributed by atoms with Crippen molar-refractivity contribution in [3.8, 4) is 11.5 Å². The third-order valence-electron chi connectivity index (χ3n) is 3.31. The Morgan fingerprint density at radius 2 is 2.16 bits per heavy atom. The molecule has 1 aromatic carbocycles. The normalized spacial score (nSPS) is 23.2. The fourth-order valence-electron chi connectivity index (χ4n) is 2.20. The Morgan fingerprint density at radius 3 is 2.84 bits per heavy atom. The summed E-state index contributed by atoms with van der Waals surface area (Å²) in [7, 11) is -0.611. The van der Waals surface area contributed by atoms with Crippen LogP contribution in [0.15, 0.2) is 18.2 Å². The number of ether oxygens (including phenoxy) is 1. The molecular formula is C14H21NO3S. The molecule has 2 rings (SSSR count). The average molecular weight is 283 g/mol. The molecule has 106 valence electrons. The van der Waals surface area contributed by atoms with Crippen LogP contribution >= 0.6 is 0 Å². The third kappa shape index (κ3) is 4.21. The van der Waals surface area contributed by atoms with E-state index < -0.39 is 10.8 Å². The molecule has 19 heavy (non-hydrogen) atoms. The van der Waals surface area contributed by atoms with Crippen LogP contribution in [0.1, 0.15) is 25.3 Å². The second-order valence-electron chi connectivity index (χ2n) is 4.74. The number of hydrogen-bond donors (Lipinski definition) is 2. The van der Waals surface area contributed by atoms with Gasteiger partial charge < -0.3 is 15.2 Å². The van der Waals surface area contributed by atoms with Crippen LogP contribution in [0.4, 0.5) is 0 Å². The van der Waals surface area contributed by atoms with Gasteiger partial charge in [-0.05, 0) is 37.5 Å². The predicted octanol–water partition coefficient (Wildman–Crippen LogP) is 1.79. The Kier molecular flexibility index (Phi) is 5.22. The van der Waals surface area contributed by atoms with Gasteiger partial charge in [-0.3, -0.25) is 4.21 Å². The molecule has 0 aliphatic carbocycles. The fourth-order valence-corrected chi connectivity index (χ4v) is 3.50. The van der Waals surface area contributed by atoms with Crippen molar-refractivity contribution < 1.29 is 14.1 Å². The van der Waals surface area contributed by atoms with Crippen molar-refractivity contribution in [2.75, 3.05) is 18.1 Å². The molecule has 1 aliphatic heterocycles. The van der Waals surface area contributed by atoms with Crippen molar-refractivity contribution >= 4 is 10.8 Å². The average Bonchev–Trinajstić information content (AvgIpc) is 2.42. The molecular weight excluding hydrogens is 262 g/mol. The first kappa shape index (κ1) is 14.3. The Hall–Kier alpha value is -1.07. The van der Waals surface area contributed by atoms with Gasteiger partial charge in [0, 0.05) is 34.9 Å². The smallest absolute Gasteiger partial charge is 0.161 e. The van der Waals surface area contributed by atoms with E-state index in [1.807, 2.05) is 19.1 Å². The highest BCUT2D eigenvalue weighted by molar-refractivity contribution is 7.85. The van der Waals surface area contributed by atoms with E-state index in [0.29, 0.717) is 18.4 Å². The molecule has 0 aromatic heterocycles. The standard InChI is InChI=1S/C14H21NO3S/c1-2-18-14-9-11(3-4-13(14)16)10-15-12-5-7-19(17)8-6-12/h3-4,9,12,15-16H,2,5-8,10H2,1H3. The summed E-state index contributed by atoms with van der Waals surface area (Å²) >= 11 is 0. The van der Waals surface area contributed by atoms with E-state index in [1.165, 1.54) is 0 Å². The highest BCUT2D eigenvalue weighted by atomic mass is 32.2. The van der Waals surface area contributed by atoms with Crippen molar-refractivity contribution in [1.29, 1.82) is 0 Å². The highest BCUT2D eigenvalue weighted by Crippen LogP contribution is 2.26. The minimum Gasteiger partial charge on any atom is -0.504 e. The quantitative estimate of drug-likeness (QED) is 0.865. The summed E-state index contributed by atoms with van der Waals surface area (Å²) in [5, 5.41) is 13.1. The van der Waals surface area contributed by atoms with Crippen LogP contribution in [0.2, 0.25) is 0 Å². The first-order valence-corrected chi connectivity index (χ1v) is 8.21. The van der Waals surface area contributed by atoms with Gasteiger partial charge in [0.1, 0.15) is 0 Å². The number of hydrogen-bond acceptors (Lipinski definition) is 4. The van der Waals surface area contributed by atoms with E-state index in [1.54, 1.807) is 6.07 Å². The minimum atomic E-state index is -0.611. The number of nitrogens with one attached hydrogen (secondary N) is 1. The zero-order valence-corrected chi connectivity index (χ0v) is 12.0. The second kappa shape index (κ2) is 6.91. The van der Waals surface area contributed by atoms with Gasteiger partial charge in [-0.1, -0.05) is 6.07 Å². The number of aromatic hydroxyl groups is 1. The van der Waals surface area contributed by atoms with Crippen LogP contribution in [-0.4, -0.2) is 33.5 Å². The summed E-state index contributed by atoms with van der Waals surface area (Å²) in [6.07, 6.45) is 1.95. The lowest BCUT2D eigenvalue weighted by Crippen LogP contribution is -2.35. The van der Waals surface area contributed by atoms with Gasteiger partial charge in [-0.15, -0.1) is 0 Å². The topological polar surface area (TPSA) is 58.6 Å². The SMILES string of the molecule is CCOc1cc(CNC2CCS(=O)CC2)ccc1O. The first-order valence-electron chi connectivity index (χ1n) is 6.72. The molecule has 1 aromatic rings. The van der Waals surface area contributed by atoms with Crippen molar-refractivity contribution in [1.82, 2.24) is 5.32 Å². The highest BCUT2D eigenvalue weighted by Gasteiger charge is 2.17. The molecule has 0 saturated carbocycles. The molecule has 2 N–H and O–H groups in total. The number of phenolic OH excluding ortho intramolecular Hbond substituents is 1. The fraction of sp³-hybridized carbons (Fsp3) is 0.571. The largest absolute Gasteiger partial charge is 0.504 e. The third-order valence-corrected chi connectivity index (χ3v) is 4.69. The van der Waals surface area contributed by atoms with Crippen LogP contribution in [0.3, 0.4) is 0 Å². The van der Waals surface area contributed by atoms with E-state index in [0.717, 1.165) is 36.5 Å². The van der Waals surface area contributed by atoms with Gasteiger partial charge in [-0.2, -0.15) is 0 Å². The molecule has 0 bridgehead atoms. The second-order valence-corrected chi connectivity index (χ2v) is 6.43. The number of phenols is 1. The molecule has 1 heterocycles. The molecule has 1 saturated heterocycles. The minimum absolute atomic E-state index is 0.179. The van der Waals surface area contributed by atoms with E-state index >= 15 is 0 Å². The summed E-state index contributed by atoms with van der Waals surface area (Å²) in [5.41, 5.74) is 1.09. The molecule has 1 aliphatic rings. The lowest BCUT2D eigenvalue weighted by molar-refractivity contribution is 0.317. The molecule has 4 nitrogen and oxygen atoms in total. The van der Waals surface area contributed by atoms with Gasteiger partial charge in [0.2, 0.25) is 0 Å². The molecule has 1 fully saturated rings. The maximum Gasteiger partial charge on any atom is 0.161 e. The van der Waals surface area contributed by atoms with Gasteiger partial charge in [-0.25, -0.2) is 0 Å². The van der Waals surface area contributed by atoms with Gasteiger partial charge in [0.05, 0.1) is 6.61 Å². The Labute approximate surface area is 116 Å².